The van der Waals surface area contributed by atoms with Crippen LogP contribution in [0, 0.1) is 6.92 Å². The van der Waals surface area contributed by atoms with Crippen molar-refractivity contribution in [2.45, 2.75) is 60.3 Å². The van der Waals surface area contributed by atoms with Crippen LogP contribution in [0.25, 0.3) is 22.3 Å². The number of hydrogen-bond acceptors (Lipinski definition) is 2. The standard InChI is InChI=1S/C27H32O2/c1-6-18-13-22(14-19(7-2)26(18)28)24-12-10-11-17(5)25(24)23-15-20(8-3)27(29)21(9-4)16-23/h10-16,28-29H,6-9H2,1-5H3. The lowest BCUT2D eigenvalue weighted by atomic mass is 9.87. The van der Waals surface area contributed by atoms with Gasteiger partial charge in [-0.1, -0.05) is 45.9 Å². The second-order valence-electron chi connectivity index (χ2n) is 7.70. The van der Waals surface area contributed by atoms with E-state index in [4.69, 9.17) is 0 Å². The van der Waals surface area contributed by atoms with Gasteiger partial charge in [0.1, 0.15) is 11.5 Å². The van der Waals surface area contributed by atoms with E-state index in [9.17, 15) is 10.2 Å². The second-order valence-corrected chi connectivity index (χ2v) is 7.70. The Hall–Kier alpha value is -2.74. The minimum atomic E-state index is 0.430. The molecule has 152 valence electrons. The molecule has 0 heterocycles. The van der Waals surface area contributed by atoms with E-state index in [0.717, 1.165) is 59.1 Å². The van der Waals surface area contributed by atoms with E-state index in [2.05, 4.69) is 77.1 Å². The average Bonchev–Trinajstić information content (AvgIpc) is 2.74. The largest absolute Gasteiger partial charge is 0.507 e. The number of phenolic OH excluding ortho intramolecular Hbond substituents is 2. The van der Waals surface area contributed by atoms with Crippen molar-refractivity contribution in [3.63, 3.8) is 0 Å². The molecule has 0 amide bonds. The van der Waals surface area contributed by atoms with Crippen molar-refractivity contribution >= 4 is 0 Å². The molecule has 3 aromatic carbocycles. The van der Waals surface area contributed by atoms with Gasteiger partial charge in [-0.15, -0.1) is 0 Å². The molecule has 0 radical (unpaired) electrons. The van der Waals surface area contributed by atoms with Gasteiger partial charge in [0.25, 0.3) is 0 Å². The van der Waals surface area contributed by atoms with Gasteiger partial charge in [-0.2, -0.15) is 0 Å². The predicted molar refractivity (Wildman–Crippen MR) is 123 cm³/mol. The van der Waals surface area contributed by atoms with Crippen LogP contribution in [0.5, 0.6) is 11.5 Å². The SMILES string of the molecule is CCc1cc(-c2cccc(C)c2-c2cc(CC)c(O)c(CC)c2)cc(CC)c1O. The van der Waals surface area contributed by atoms with Crippen LogP contribution in [-0.4, -0.2) is 10.2 Å². The Morgan fingerprint density at radius 1 is 0.621 bits per heavy atom. The van der Waals surface area contributed by atoms with Crippen molar-refractivity contribution < 1.29 is 10.2 Å². The maximum Gasteiger partial charge on any atom is 0.121 e. The summed E-state index contributed by atoms with van der Waals surface area (Å²) in [5.41, 5.74) is 9.82. The maximum atomic E-state index is 10.6. The molecule has 29 heavy (non-hydrogen) atoms. The summed E-state index contributed by atoms with van der Waals surface area (Å²) in [4.78, 5) is 0. The van der Waals surface area contributed by atoms with Gasteiger partial charge >= 0.3 is 0 Å². The summed E-state index contributed by atoms with van der Waals surface area (Å²) in [6.45, 7) is 10.5. The van der Waals surface area contributed by atoms with Crippen molar-refractivity contribution in [1.29, 1.82) is 0 Å². The molecule has 0 aromatic heterocycles. The summed E-state index contributed by atoms with van der Waals surface area (Å²) in [7, 11) is 0. The second kappa shape index (κ2) is 8.73. The number of hydrogen-bond donors (Lipinski definition) is 2. The zero-order valence-corrected chi connectivity index (χ0v) is 18.3. The Morgan fingerprint density at radius 2 is 1.03 bits per heavy atom. The highest BCUT2D eigenvalue weighted by atomic mass is 16.3. The molecule has 2 nitrogen and oxygen atoms in total. The molecule has 0 aliphatic heterocycles. The smallest absolute Gasteiger partial charge is 0.121 e. The molecule has 0 atom stereocenters. The van der Waals surface area contributed by atoms with E-state index >= 15 is 0 Å². The van der Waals surface area contributed by atoms with Crippen LogP contribution in [0.3, 0.4) is 0 Å². The highest BCUT2D eigenvalue weighted by Crippen LogP contribution is 2.40. The topological polar surface area (TPSA) is 40.5 Å². The number of phenols is 2. The van der Waals surface area contributed by atoms with Crippen LogP contribution < -0.4 is 0 Å². The van der Waals surface area contributed by atoms with Crippen molar-refractivity contribution in [3.05, 3.63) is 70.3 Å². The molecule has 3 aromatic rings. The summed E-state index contributed by atoms with van der Waals surface area (Å²) in [5.74, 6) is 0.860. The molecular formula is C27H32O2. The number of benzene rings is 3. The lowest BCUT2D eigenvalue weighted by Gasteiger charge is -2.18. The van der Waals surface area contributed by atoms with E-state index in [0.29, 0.717) is 11.5 Å². The molecule has 3 rings (SSSR count). The highest BCUT2D eigenvalue weighted by Gasteiger charge is 2.16. The summed E-state index contributed by atoms with van der Waals surface area (Å²) in [6.07, 6.45) is 3.19. The fraction of sp³-hybridized carbons (Fsp3) is 0.333. The van der Waals surface area contributed by atoms with E-state index in [1.165, 1.54) is 16.7 Å². The Labute approximate surface area is 174 Å². The molecule has 0 fully saturated rings. The summed E-state index contributed by atoms with van der Waals surface area (Å²) in [5, 5.41) is 21.1. The third kappa shape index (κ3) is 3.89. The Kier molecular flexibility index (Phi) is 6.32. The molecule has 0 bridgehead atoms. The van der Waals surface area contributed by atoms with Crippen molar-refractivity contribution in [1.82, 2.24) is 0 Å². The average molecular weight is 389 g/mol. The predicted octanol–water partition coefficient (Wildman–Crippen LogP) is 6.99. The van der Waals surface area contributed by atoms with Gasteiger partial charge in [-0.3, -0.25) is 0 Å². The van der Waals surface area contributed by atoms with Crippen molar-refractivity contribution in [2.75, 3.05) is 0 Å². The first kappa shape index (κ1) is 21.0. The lowest BCUT2D eigenvalue weighted by Crippen LogP contribution is -1.96. The number of aromatic hydroxyl groups is 2. The molecule has 0 saturated heterocycles. The van der Waals surface area contributed by atoms with Gasteiger partial charge in [0, 0.05) is 0 Å². The summed E-state index contributed by atoms with van der Waals surface area (Å²) < 4.78 is 0. The highest BCUT2D eigenvalue weighted by molar-refractivity contribution is 5.87. The van der Waals surface area contributed by atoms with Gasteiger partial charge in [-0.25, -0.2) is 0 Å². The monoisotopic (exact) mass is 388 g/mol. The Morgan fingerprint density at radius 3 is 1.45 bits per heavy atom. The van der Waals surface area contributed by atoms with E-state index < -0.39 is 0 Å². The number of rotatable bonds is 6. The minimum absolute atomic E-state index is 0.430. The van der Waals surface area contributed by atoms with Gasteiger partial charge in [0.2, 0.25) is 0 Å². The van der Waals surface area contributed by atoms with Crippen LogP contribution >= 0.6 is 0 Å². The molecule has 0 aliphatic carbocycles. The Balaban J connectivity index is 2.31. The van der Waals surface area contributed by atoms with Gasteiger partial charge < -0.3 is 10.2 Å². The maximum absolute atomic E-state index is 10.6. The van der Waals surface area contributed by atoms with Crippen LogP contribution in [0.15, 0.2) is 42.5 Å². The van der Waals surface area contributed by atoms with Crippen molar-refractivity contribution in [2.24, 2.45) is 0 Å². The molecular weight excluding hydrogens is 356 g/mol. The van der Waals surface area contributed by atoms with Crippen LogP contribution in [0.2, 0.25) is 0 Å². The van der Waals surface area contributed by atoms with Crippen LogP contribution in [-0.2, 0) is 25.7 Å². The quantitative estimate of drug-likeness (QED) is 0.478. The van der Waals surface area contributed by atoms with E-state index in [1.807, 2.05) is 0 Å². The molecule has 0 saturated carbocycles. The minimum Gasteiger partial charge on any atom is -0.507 e. The van der Waals surface area contributed by atoms with Crippen LogP contribution in [0.1, 0.15) is 55.5 Å². The zero-order chi connectivity index (χ0) is 21.1. The third-order valence-corrected chi connectivity index (χ3v) is 5.93. The first-order valence-electron chi connectivity index (χ1n) is 10.7. The van der Waals surface area contributed by atoms with Crippen molar-refractivity contribution in [3.8, 4) is 33.8 Å². The van der Waals surface area contributed by atoms with Gasteiger partial charge in [0.05, 0.1) is 0 Å². The first-order chi connectivity index (χ1) is 13.9. The molecule has 2 heteroatoms. The molecule has 2 N–H and O–H groups in total. The normalized spacial score (nSPS) is 11.1. The van der Waals surface area contributed by atoms with E-state index in [-0.39, 0.29) is 0 Å². The van der Waals surface area contributed by atoms with Gasteiger partial charge in [-0.05, 0) is 107 Å². The lowest BCUT2D eigenvalue weighted by molar-refractivity contribution is 0.462. The molecule has 0 unspecified atom stereocenters. The van der Waals surface area contributed by atoms with Crippen LogP contribution in [0.4, 0.5) is 0 Å². The van der Waals surface area contributed by atoms with Gasteiger partial charge in [0.15, 0.2) is 0 Å². The summed E-state index contributed by atoms with van der Waals surface area (Å²) >= 11 is 0. The molecule has 0 spiro atoms. The Bertz CT molecular complexity index is 981. The number of aryl methyl sites for hydroxylation is 5. The third-order valence-electron chi connectivity index (χ3n) is 5.93. The molecule has 0 aliphatic rings. The zero-order valence-electron chi connectivity index (χ0n) is 18.3. The fourth-order valence-electron chi connectivity index (χ4n) is 4.19. The fourth-order valence-corrected chi connectivity index (χ4v) is 4.19. The summed E-state index contributed by atoms with van der Waals surface area (Å²) in [6, 6.07) is 14.9. The first-order valence-corrected chi connectivity index (χ1v) is 10.7. The van der Waals surface area contributed by atoms with E-state index in [1.54, 1.807) is 0 Å².